The Hall–Kier alpha value is -16.3. The van der Waals surface area contributed by atoms with Crippen LogP contribution in [0.25, 0.3) is 244 Å². The van der Waals surface area contributed by atoms with Gasteiger partial charge in [-0.2, -0.15) is 0 Å². The number of rotatable bonds is 13. The first-order chi connectivity index (χ1) is 59.4. The SMILES string of the molecule is c1ccc(-c2nc(-c3cccnc3)nc3ccc(-c4ccc(-c5nc6c(ccc7ccc(-c8ccc(-c9cc%10ccccc%10c%10ccccc9%10)cc8)nc76)cc5-c5cccc(-c6nc(-c7ccccc7)c7cc(-c8cccc(-c9ccc%10ccc%11ccc(-c%12ccc(-c%13cccc%14ccccc%13%14)cc%12)nc%11c%10n9)c8)ccc7n6)n5)cc4)cc23)cc1. The predicted molar refractivity (Wildman–Crippen MR) is 493 cm³/mol. The van der Waals surface area contributed by atoms with Gasteiger partial charge in [-0.05, 0) is 162 Å². The molecular weight excluding hydrogens is 1460 g/mol. The van der Waals surface area contributed by atoms with Crippen molar-refractivity contribution in [2.75, 3.05) is 0 Å². The maximum Gasteiger partial charge on any atom is 0.179 e. The number of aromatic nitrogens is 10. The first-order valence-corrected chi connectivity index (χ1v) is 40.3. The van der Waals surface area contributed by atoms with Crippen LogP contribution >= 0.6 is 0 Å². The van der Waals surface area contributed by atoms with Crippen molar-refractivity contribution in [3.8, 4) is 146 Å². The third-order valence-electron chi connectivity index (χ3n) is 23.3. The molecule has 0 aliphatic rings. The molecule has 556 valence electrons. The molecule has 0 bridgehead atoms. The van der Waals surface area contributed by atoms with Crippen LogP contribution in [0, 0.1) is 0 Å². The molecule has 15 aromatic carbocycles. The smallest absolute Gasteiger partial charge is 0.179 e. The highest BCUT2D eigenvalue weighted by atomic mass is 14.9. The van der Waals surface area contributed by atoms with Gasteiger partial charge in [0.2, 0.25) is 0 Å². The van der Waals surface area contributed by atoms with Gasteiger partial charge in [0, 0.05) is 89.2 Å². The Balaban J connectivity index is 0.606. The van der Waals surface area contributed by atoms with E-state index in [9.17, 15) is 0 Å². The zero-order valence-corrected chi connectivity index (χ0v) is 64.6. The first-order valence-electron chi connectivity index (χ1n) is 40.3. The summed E-state index contributed by atoms with van der Waals surface area (Å²) in [6, 6.07) is 137. The summed E-state index contributed by atoms with van der Waals surface area (Å²) >= 11 is 0. The maximum absolute atomic E-state index is 5.76. The van der Waals surface area contributed by atoms with Crippen molar-refractivity contribution in [1.29, 1.82) is 0 Å². The highest BCUT2D eigenvalue weighted by Gasteiger charge is 2.22. The minimum atomic E-state index is 0.495. The first kappa shape index (κ1) is 69.2. The van der Waals surface area contributed by atoms with Crippen LogP contribution in [-0.4, -0.2) is 49.8 Å². The highest BCUT2D eigenvalue weighted by Crippen LogP contribution is 2.43. The summed E-state index contributed by atoms with van der Waals surface area (Å²) in [5.41, 5.74) is 27.6. The van der Waals surface area contributed by atoms with E-state index in [2.05, 4.69) is 345 Å². The molecule has 0 saturated carbocycles. The van der Waals surface area contributed by atoms with Crippen molar-refractivity contribution in [3.63, 3.8) is 0 Å². The van der Waals surface area contributed by atoms with Crippen molar-refractivity contribution in [3.05, 3.63) is 401 Å². The van der Waals surface area contributed by atoms with Gasteiger partial charge in [-0.25, -0.2) is 44.9 Å². The van der Waals surface area contributed by atoms with Gasteiger partial charge in [0.15, 0.2) is 11.6 Å². The lowest BCUT2D eigenvalue weighted by Crippen LogP contribution is -1.99. The second kappa shape index (κ2) is 28.9. The largest absolute Gasteiger partial charge is 0.264 e. The molecule has 0 saturated heterocycles. The summed E-state index contributed by atoms with van der Waals surface area (Å²) in [5, 5.41) is 13.2. The third-order valence-corrected chi connectivity index (χ3v) is 23.3. The second-order valence-electron chi connectivity index (χ2n) is 30.6. The molecule has 0 aliphatic carbocycles. The van der Waals surface area contributed by atoms with Gasteiger partial charge in [-0.3, -0.25) is 4.98 Å². The van der Waals surface area contributed by atoms with Gasteiger partial charge in [0.1, 0.15) is 5.69 Å². The Morgan fingerprint density at radius 3 is 1.24 bits per heavy atom. The fourth-order valence-corrected chi connectivity index (χ4v) is 17.3. The van der Waals surface area contributed by atoms with E-state index in [1.165, 1.54) is 49.0 Å². The Morgan fingerprint density at radius 1 is 0.158 bits per heavy atom. The van der Waals surface area contributed by atoms with E-state index in [-0.39, 0.29) is 0 Å². The van der Waals surface area contributed by atoms with Gasteiger partial charge in [0.05, 0.1) is 73.0 Å². The Kier molecular flexibility index (Phi) is 16.7. The van der Waals surface area contributed by atoms with Crippen LogP contribution in [0.3, 0.4) is 0 Å². The van der Waals surface area contributed by atoms with Crippen LogP contribution in [0.1, 0.15) is 0 Å². The van der Waals surface area contributed by atoms with E-state index >= 15 is 0 Å². The quantitative estimate of drug-likeness (QED) is 0.103. The highest BCUT2D eigenvalue weighted by molar-refractivity contribution is 6.14. The van der Waals surface area contributed by atoms with Gasteiger partial charge < -0.3 is 0 Å². The molecule has 0 aliphatic heterocycles. The van der Waals surface area contributed by atoms with Crippen LogP contribution in [0.2, 0.25) is 0 Å². The summed E-state index contributed by atoms with van der Waals surface area (Å²) in [6.45, 7) is 0. The molecular formula is C110H66N10. The summed E-state index contributed by atoms with van der Waals surface area (Å²) in [4.78, 5) is 53.1. The molecule has 8 aromatic heterocycles. The van der Waals surface area contributed by atoms with Crippen LogP contribution in [0.15, 0.2) is 401 Å². The van der Waals surface area contributed by atoms with Gasteiger partial charge in [-0.1, -0.05) is 303 Å². The maximum atomic E-state index is 5.76. The van der Waals surface area contributed by atoms with Gasteiger partial charge in [0.25, 0.3) is 0 Å². The van der Waals surface area contributed by atoms with E-state index in [0.717, 1.165) is 172 Å². The number of benzene rings is 15. The molecule has 10 heteroatoms. The van der Waals surface area contributed by atoms with Crippen LogP contribution in [0.4, 0.5) is 0 Å². The molecule has 10 nitrogen and oxygen atoms in total. The average Bonchev–Trinajstić information content (AvgIpc) is 0.771. The molecule has 0 radical (unpaired) electrons. The normalized spacial score (nSPS) is 11.7. The lowest BCUT2D eigenvalue weighted by molar-refractivity contribution is 1.18. The summed E-state index contributed by atoms with van der Waals surface area (Å²) in [6.07, 6.45) is 3.57. The number of fused-ring (bicyclic) bond motifs is 12. The Labute approximate surface area is 690 Å². The van der Waals surface area contributed by atoms with E-state index < -0.39 is 0 Å². The van der Waals surface area contributed by atoms with Crippen molar-refractivity contribution >= 4 is 97.7 Å². The molecule has 8 heterocycles. The Morgan fingerprint density at radius 2 is 0.592 bits per heavy atom. The molecule has 23 aromatic rings. The minimum Gasteiger partial charge on any atom is -0.264 e. The van der Waals surface area contributed by atoms with Crippen LogP contribution in [0.5, 0.6) is 0 Å². The predicted octanol–water partition coefficient (Wildman–Crippen LogP) is 27.7. The average molecular weight is 1530 g/mol. The van der Waals surface area contributed by atoms with E-state index in [0.29, 0.717) is 23.0 Å². The number of nitrogens with zero attached hydrogens (tertiary/aromatic N) is 10. The monoisotopic (exact) mass is 1530 g/mol. The zero-order chi connectivity index (χ0) is 79.1. The fourth-order valence-electron chi connectivity index (χ4n) is 17.3. The summed E-state index contributed by atoms with van der Waals surface area (Å²) < 4.78 is 0. The molecule has 120 heavy (non-hydrogen) atoms. The lowest BCUT2D eigenvalue weighted by atomic mass is 9.93. The molecule has 0 atom stereocenters. The van der Waals surface area contributed by atoms with Gasteiger partial charge >= 0.3 is 0 Å². The zero-order valence-electron chi connectivity index (χ0n) is 64.6. The standard InChI is InChI=1S/C110H66N10/c1-3-18-73(19-4-1)103-92-62-80(53-58-99(92)116-109(119-103)85-26-16-60-111-66-85)67-34-44-75(45-35-67)102-94(65-84-49-48-78-51-56-96(114-107(78)108(84)118-102)72-42-38-70(39-43-72)91-64-82-22-8-10-28-88(82)89-29-11-12-30-90(89)91)98-32-15-33-101(112-98)110-117-100-59-54-81(63-93(100)104(120-110)74-20-5-2-6-21-74)79-24-13-25-83(61-79)97-57-52-77-47-46-76-50-55-95(113-105(76)106(77)115-97)71-40-36-69(37-41-71)87-31-14-23-68-17-7-9-27-86(68)87/h1-66H. The van der Waals surface area contributed by atoms with E-state index in [1.54, 1.807) is 6.20 Å². The molecule has 0 amide bonds. The van der Waals surface area contributed by atoms with E-state index in [1.807, 2.05) is 54.7 Å². The number of hydrogen-bond donors (Lipinski definition) is 0. The molecule has 0 fully saturated rings. The third kappa shape index (κ3) is 12.5. The minimum absolute atomic E-state index is 0.495. The van der Waals surface area contributed by atoms with Crippen molar-refractivity contribution in [1.82, 2.24) is 49.8 Å². The fraction of sp³-hybridized carbons (Fsp3) is 0. The second-order valence-corrected chi connectivity index (χ2v) is 30.6. The van der Waals surface area contributed by atoms with Crippen LogP contribution < -0.4 is 0 Å². The van der Waals surface area contributed by atoms with Crippen molar-refractivity contribution in [2.24, 2.45) is 0 Å². The molecule has 0 unspecified atom stereocenters. The topological polar surface area (TPSA) is 129 Å². The molecule has 0 spiro atoms. The Bertz CT molecular complexity index is 8060. The van der Waals surface area contributed by atoms with Crippen molar-refractivity contribution in [2.45, 2.75) is 0 Å². The summed E-state index contributed by atoms with van der Waals surface area (Å²) in [7, 11) is 0. The number of hydrogen-bond acceptors (Lipinski definition) is 10. The molecule has 0 N–H and O–H groups in total. The number of pyridine rings is 6. The lowest BCUT2D eigenvalue weighted by Gasteiger charge is -2.15. The summed E-state index contributed by atoms with van der Waals surface area (Å²) in [5.74, 6) is 1.12. The van der Waals surface area contributed by atoms with Crippen molar-refractivity contribution < 1.29 is 0 Å². The van der Waals surface area contributed by atoms with E-state index in [4.69, 9.17) is 44.9 Å². The van der Waals surface area contributed by atoms with Gasteiger partial charge in [-0.15, -0.1) is 0 Å². The molecule has 23 rings (SSSR count). The van der Waals surface area contributed by atoms with Crippen LogP contribution in [-0.2, 0) is 0 Å².